The van der Waals surface area contributed by atoms with Crippen LogP contribution in [0.4, 0.5) is 0 Å². The van der Waals surface area contributed by atoms with E-state index in [1.165, 1.54) is 7.11 Å². The van der Waals surface area contributed by atoms with Gasteiger partial charge < -0.3 is 15.6 Å². The first-order valence-electron chi connectivity index (χ1n) is 3.42. The number of carbonyl (C=O) groups excluding carboxylic acids is 1. The lowest BCUT2D eigenvalue weighted by Crippen LogP contribution is -2.38. The Labute approximate surface area is 66.3 Å². The van der Waals surface area contributed by atoms with E-state index in [0.717, 1.165) is 0 Å². The van der Waals surface area contributed by atoms with Crippen molar-refractivity contribution in [2.24, 2.45) is 5.73 Å². The Morgan fingerprint density at radius 1 is 1.73 bits per heavy atom. The average molecular weight is 161 g/mol. The van der Waals surface area contributed by atoms with Crippen LogP contribution in [-0.2, 0) is 9.53 Å². The number of rotatable bonds is 3. The zero-order chi connectivity index (χ0) is 9.07. The Morgan fingerprint density at radius 2 is 2.18 bits per heavy atom. The van der Waals surface area contributed by atoms with E-state index in [0.29, 0.717) is 0 Å². The summed E-state index contributed by atoms with van der Waals surface area (Å²) in [6.45, 7) is 3.19. The first kappa shape index (κ1) is 10.4. The van der Waals surface area contributed by atoms with Gasteiger partial charge in [0.15, 0.2) is 0 Å². The van der Waals surface area contributed by atoms with E-state index in [1.807, 2.05) is 0 Å². The van der Waals surface area contributed by atoms with E-state index in [1.54, 1.807) is 13.8 Å². The van der Waals surface area contributed by atoms with Gasteiger partial charge in [-0.3, -0.25) is 4.79 Å². The molecule has 0 aromatic rings. The number of carbonyl (C=O) groups is 1. The smallest absolute Gasteiger partial charge is 0.322 e. The first-order valence-corrected chi connectivity index (χ1v) is 3.42. The molecule has 0 aromatic heterocycles. The van der Waals surface area contributed by atoms with Gasteiger partial charge in [-0.05, 0) is 13.8 Å². The van der Waals surface area contributed by atoms with Crippen molar-refractivity contribution in [1.82, 2.24) is 0 Å². The molecule has 0 aliphatic carbocycles. The van der Waals surface area contributed by atoms with Crippen molar-refractivity contribution in [2.75, 3.05) is 7.11 Å². The third kappa shape index (κ3) is 4.75. The normalized spacial score (nSPS) is 14.3. The summed E-state index contributed by atoms with van der Waals surface area (Å²) in [7, 11) is 1.27. The fraction of sp³-hybridized carbons (Fsp3) is 0.857. The molecule has 0 rings (SSSR count). The van der Waals surface area contributed by atoms with E-state index in [-0.39, 0.29) is 6.42 Å². The highest BCUT2D eigenvalue weighted by Gasteiger charge is 2.22. The molecule has 66 valence electrons. The predicted octanol–water partition coefficient (Wildman–Crippen LogP) is -0.352. The Kier molecular flexibility index (Phi) is 3.48. The molecule has 0 aliphatic heterocycles. The minimum atomic E-state index is -0.923. The maximum atomic E-state index is 10.7. The van der Waals surface area contributed by atoms with Crippen LogP contribution >= 0.6 is 0 Å². The van der Waals surface area contributed by atoms with Crippen LogP contribution in [0.3, 0.4) is 0 Å². The topological polar surface area (TPSA) is 72.5 Å². The molecule has 0 aromatic carbocycles. The third-order valence-corrected chi connectivity index (χ3v) is 1.22. The van der Waals surface area contributed by atoms with E-state index in [4.69, 9.17) is 5.73 Å². The van der Waals surface area contributed by atoms with Gasteiger partial charge in [0, 0.05) is 6.42 Å². The van der Waals surface area contributed by atoms with Crippen LogP contribution in [-0.4, -0.2) is 29.8 Å². The van der Waals surface area contributed by atoms with Gasteiger partial charge >= 0.3 is 5.97 Å². The number of hydrogen-bond acceptors (Lipinski definition) is 4. The Morgan fingerprint density at radius 3 is 2.45 bits per heavy atom. The van der Waals surface area contributed by atoms with Crippen LogP contribution in [0.1, 0.15) is 20.3 Å². The molecule has 0 unspecified atom stereocenters. The van der Waals surface area contributed by atoms with E-state index >= 15 is 0 Å². The molecule has 3 N–H and O–H groups in total. The van der Waals surface area contributed by atoms with E-state index in [9.17, 15) is 9.90 Å². The number of esters is 1. The van der Waals surface area contributed by atoms with Crippen molar-refractivity contribution in [3.63, 3.8) is 0 Å². The molecule has 4 heteroatoms. The van der Waals surface area contributed by atoms with Gasteiger partial charge in [-0.15, -0.1) is 0 Å². The quantitative estimate of drug-likeness (QED) is 0.555. The monoisotopic (exact) mass is 161 g/mol. The molecule has 0 aliphatic rings. The van der Waals surface area contributed by atoms with Gasteiger partial charge in [-0.1, -0.05) is 0 Å². The fourth-order valence-corrected chi connectivity index (χ4v) is 0.773. The van der Waals surface area contributed by atoms with Crippen molar-refractivity contribution in [3.05, 3.63) is 0 Å². The zero-order valence-corrected chi connectivity index (χ0v) is 7.13. The van der Waals surface area contributed by atoms with Gasteiger partial charge in [0.25, 0.3) is 0 Å². The molecule has 0 fully saturated rings. The van der Waals surface area contributed by atoms with Gasteiger partial charge in [0.1, 0.15) is 6.04 Å². The second-order valence-corrected chi connectivity index (χ2v) is 3.15. The highest BCUT2D eigenvalue weighted by Crippen LogP contribution is 2.09. The lowest BCUT2D eigenvalue weighted by molar-refractivity contribution is -0.143. The summed E-state index contributed by atoms with van der Waals surface area (Å²) in [5.41, 5.74) is 4.46. The minimum Gasteiger partial charge on any atom is -0.468 e. The number of aliphatic hydroxyl groups is 1. The molecule has 0 saturated carbocycles. The first-order chi connectivity index (χ1) is 4.87. The van der Waals surface area contributed by atoms with Crippen molar-refractivity contribution in [1.29, 1.82) is 0 Å². The van der Waals surface area contributed by atoms with Gasteiger partial charge in [0.05, 0.1) is 12.7 Å². The Hall–Kier alpha value is -0.610. The number of methoxy groups -OCH3 is 1. The molecule has 0 heterocycles. The molecule has 0 amide bonds. The molecule has 1 atom stereocenters. The van der Waals surface area contributed by atoms with Crippen LogP contribution in [0.15, 0.2) is 0 Å². The summed E-state index contributed by atoms with van der Waals surface area (Å²) in [6, 6.07) is -0.736. The Bertz CT molecular complexity index is 139. The van der Waals surface area contributed by atoms with Crippen LogP contribution < -0.4 is 5.73 Å². The SMILES string of the molecule is COC(=O)[C@@H](N)CC(C)(C)O. The minimum absolute atomic E-state index is 0.208. The second-order valence-electron chi connectivity index (χ2n) is 3.15. The molecule has 4 nitrogen and oxygen atoms in total. The molecular formula is C7H15NO3. The van der Waals surface area contributed by atoms with Gasteiger partial charge in [0.2, 0.25) is 0 Å². The lowest BCUT2D eigenvalue weighted by Gasteiger charge is -2.19. The lowest BCUT2D eigenvalue weighted by atomic mass is 10.00. The summed E-state index contributed by atoms with van der Waals surface area (Å²) < 4.78 is 4.38. The van der Waals surface area contributed by atoms with E-state index < -0.39 is 17.6 Å². The largest absolute Gasteiger partial charge is 0.468 e. The van der Waals surface area contributed by atoms with Crippen molar-refractivity contribution < 1.29 is 14.6 Å². The molecule has 11 heavy (non-hydrogen) atoms. The van der Waals surface area contributed by atoms with Gasteiger partial charge in [-0.2, -0.15) is 0 Å². The molecular weight excluding hydrogens is 146 g/mol. The number of hydrogen-bond donors (Lipinski definition) is 2. The Balaban J connectivity index is 3.87. The van der Waals surface area contributed by atoms with Crippen molar-refractivity contribution >= 4 is 5.97 Å². The van der Waals surface area contributed by atoms with Crippen LogP contribution in [0, 0.1) is 0 Å². The number of ether oxygens (including phenoxy) is 1. The average Bonchev–Trinajstić information content (AvgIpc) is 1.82. The maximum absolute atomic E-state index is 10.7. The zero-order valence-electron chi connectivity index (χ0n) is 7.13. The van der Waals surface area contributed by atoms with Gasteiger partial charge in [-0.25, -0.2) is 0 Å². The van der Waals surface area contributed by atoms with Crippen molar-refractivity contribution in [2.45, 2.75) is 31.9 Å². The second kappa shape index (κ2) is 3.69. The molecule has 0 saturated heterocycles. The van der Waals surface area contributed by atoms with Crippen LogP contribution in [0.2, 0.25) is 0 Å². The summed E-state index contributed by atoms with van der Waals surface area (Å²) in [5, 5.41) is 9.24. The van der Waals surface area contributed by atoms with Crippen LogP contribution in [0.25, 0.3) is 0 Å². The highest BCUT2D eigenvalue weighted by atomic mass is 16.5. The predicted molar refractivity (Wildman–Crippen MR) is 40.9 cm³/mol. The van der Waals surface area contributed by atoms with Crippen LogP contribution in [0.5, 0.6) is 0 Å². The summed E-state index contributed by atoms with van der Waals surface area (Å²) in [4.78, 5) is 10.7. The third-order valence-electron chi connectivity index (χ3n) is 1.22. The summed E-state index contributed by atoms with van der Waals surface area (Å²) >= 11 is 0. The molecule has 0 radical (unpaired) electrons. The maximum Gasteiger partial charge on any atom is 0.322 e. The van der Waals surface area contributed by atoms with Crippen molar-refractivity contribution in [3.8, 4) is 0 Å². The molecule has 0 bridgehead atoms. The van der Waals surface area contributed by atoms with E-state index in [2.05, 4.69) is 4.74 Å². The summed E-state index contributed by atoms with van der Waals surface area (Å²) in [6.07, 6.45) is 0.208. The highest BCUT2D eigenvalue weighted by molar-refractivity contribution is 5.75. The summed E-state index contributed by atoms with van der Waals surface area (Å²) in [5.74, 6) is -0.493. The number of nitrogens with two attached hydrogens (primary N) is 1. The standard InChI is InChI=1S/C7H15NO3/c1-7(2,10)4-5(8)6(9)11-3/h5,10H,4,8H2,1-3H3/t5-/m0/s1. The molecule has 0 spiro atoms. The fourth-order valence-electron chi connectivity index (χ4n) is 0.773.